The summed E-state index contributed by atoms with van der Waals surface area (Å²) in [5, 5.41) is 13.4. The Labute approximate surface area is 185 Å². The van der Waals surface area contributed by atoms with Crippen LogP contribution in [-0.2, 0) is 15.8 Å². The Kier molecular flexibility index (Phi) is 5.99. The third-order valence-corrected chi connectivity index (χ3v) is 6.17. The van der Waals surface area contributed by atoms with Gasteiger partial charge in [0.25, 0.3) is 0 Å². The van der Waals surface area contributed by atoms with Crippen LogP contribution in [0, 0.1) is 13.8 Å². The number of benzene rings is 1. The zero-order valence-corrected chi connectivity index (χ0v) is 19.6. The van der Waals surface area contributed by atoms with Crippen molar-refractivity contribution in [2.75, 3.05) is 11.6 Å². The van der Waals surface area contributed by atoms with E-state index in [1.165, 1.54) is 24.3 Å². The molecule has 2 heterocycles. The van der Waals surface area contributed by atoms with Crippen molar-refractivity contribution < 1.29 is 22.3 Å². The maximum atomic E-state index is 14.6. The van der Waals surface area contributed by atoms with Gasteiger partial charge in [-0.2, -0.15) is 8.78 Å². The molecule has 0 bridgehead atoms. The number of aryl methyl sites for hydroxylation is 2. The van der Waals surface area contributed by atoms with Gasteiger partial charge in [-0.15, -0.1) is 0 Å². The molecule has 0 unspecified atom stereocenters. The number of fused-ring (bicyclic) bond motifs is 1. The molecule has 0 aliphatic carbocycles. The number of hydrogen-bond acceptors (Lipinski definition) is 7. The molecular weight excluding hydrogens is 438 g/mol. The van der Waals surface area contributed by atoms with Crippen molar-refractivity contribution in [1.29, 1.82) is 0 Å². The molecule has 7 nitrogen and oxygen atoms in total. The van der Waals surface area contributed by atoms with Crippen molar-refractivity contribution in [2.24, 2.45) is 0 Å². The van der Waals surface area contributed by atoms with E-state index in [1.54, 1.807) is 26.8 Å². The van der Waals surface area contributed by atoms with Gasteiger partial charge in [-0.3, -0.25) is 0 Å². The predicted octanol–water partition coefficient (Wildman–Crippen LogP) is 4.08. The molecule has 172 valence electrons. The van der Waals surface area contributed by atoms with E-state index >= 15 is 0 Å². The Bertz CT molecular complexity index is 1290. The number of pyridine rings is 1. The highest BCUT2D eigenvalue weighted by Gasteiger charge is 2.47. The second kappa shape index (κ2) is 8.00. The van der Waals surface area contributed by atoms with E-state index in [9.17, 15) is 22.3 Å². The average Bonchev–Trinajstić information content (AvgIpc) is 2.67. The maximum absolute atomic E-state index is 14.6. The minimum atomic E-state index is -3.56. The lowest BCUT2D eigenvalue weighted by atomic mass is 9.91. The van der Waals surface area contributed by atoms with Crippen molar-refractivity contribution >= 4 is 26.6 Å². The molecule has 2 N–H and O–H groups in total. The minimum absolute atomic E-state index is 0.0996. The molecular formula is C22H26F2N4O3S. The first-order chi connectivity index (χ1) is 14.6. The van der Waals surface area contributed by atoms with Gasteiger partial charge in [-0.1, -0.05) is 18.2 Å². The van der Waals surface area contributed by atoms with Gasteiger partial charge >= 0.3 is 5.92 Å². The summed E-state index contributed by atoms with van der Waals surface area (Å²) in [6, 6.07) is 6.74. The van der Waals surface area contributed by atoms with E-state index in [4.69, 9.17) is 0 Å². The van der Waals surface area contributed by atoms with Crippen LogP contribution >= 0.6 is 0 Å². The fourth-order valence-corrected chi connectivity index (χ4v) is 3.95. The molecule has 0 radical (unpaired) electrons. The van der Waals surface area contributed by atoms with Crippen molar-refractivity contribution in [2.45, 2.75) is 57.2 Å². The van der Waals surface area contributed by atoms with Gasteiger partial charge in [0.15, 0.2) is 14.9 Å². The van der Waals surface area contributed by atoms with Crippen molar-refractivity contribution in [3.8, 4) is 0 Å². The lowest BCUT2D eigenvalue weighted by Gasteiger charge is -2.30. The lowest BCUT2D eigenvalue weighted by molar-refractivity contribution is -0.168. The van der Waals surface area contributed by atoms with E-state index in [1.807, 2.05) is 0 Å². The molecule has 0 saturated heterocycles. The summed E-state index contributed by atoms with van der Waals surface area (Å²) in [6.45, 7) is 7.26. The molecule has 10 heteroatoms. The topological polar surface area (TPSA) is 105 Å². The third kappa shape index (κ3) is 4.56. The highest BCUT2D eigenvalue weighted by Crippen LogP contribution is 2.39. The van der Waals surface area contributed by atoms with Crippen LogP contribution in [0.5, 0.6) is 0 Å². The first-order valence-corrected chi connectivity index (χ1v) is 11.8. The van der Waals surface area contributed by atoms with Crippen LogP contribution in [-0.4, -0.2) is 40.3 Å². The first kappa shape index (κ1) is 23.9. The zero-order valence-electron chi connectivity index (χ0n) is 18.7. The normalized spacial score (nSPS) is 13.9. The monoisotopic (exact) mass is 464 g/mol. The minimum Gasteiger partial charge on any atom is -0.384 e. The smallest absolute Gasteiger partial charge is 0.300 e. The number of alkyl halides is 2. The summed E-state index contributed by atoms with van der Waals surface area (Å²) < 4.78 is 53.4. The highest BCUT2D eigenvalue weighted by molar-refractivity contribution is 7.90. The van der Waals surface area contributed by atoms with E-state index in [0.717, 1.165) is 20.1 Å². The van der Waals surface area contributed by atoms with Gasteiger partial charge in [-0.05, 0) is 52.3 Å². The van der Waals surface area contributed by atoms with Crippen LogP contribution in [0.2, 0.25) is 0 Å². The Balaban J connectivity index is 2.07. The second-order valence-electron chi connectivity index (χ2n) is 8.46. The van der Waals surface area contributed by atoms with E-state index in [2.05, 4.69) is 20.3 Å². The Morgan fingerprint density at radius 1 is 1.09 bits per heavy atom. The Hall–Kier alpha value is -2.72. The number of aliphatic hydroxyl groups is 1. The van der Waals surface area contributed by atoms with Crippen molar-refractivity contribution in [3.63, 3.8) is 0 Å². The average molecular weight is 465 g/mol. The fraction of sp³-hybridized carbons (Fsp3) is 0.409. The van der Waals surface area contributed by atoms with E-state index in [0.29, 0.717) is 33.8 Å². The number of hydrogen-bond donors (Lipinski definition) is 2. The van der Waals surface area contributed by atoms with Gasteiger partial charge in [0.1, 0.15) is 17.2 Å². The molecule has 0 spiro atoms. The molecule has 0 aliphatic rings. The molecule has 3 rings (SSSR count). The summed E-state index contributed by atoms with van der Waals surface area (Å²) in [5.41, 5.74) is -1.04. The fourth-order valence-electron chi connectivity index (χ4n) is 3.31. The number of anilines is 1. The summed E-state index contributed by atoms with van der Waals surface area (Å²) in [5.74, 6) is -2.63. The third-order valence-electron chi connectivity index (χ3n) is 5.20. The lowest BCUT2D eigenvalue weighted by Crippen LogP contribution is -2.40. The number of rotatable bonds is 6. The molecule has 0 aliphatic heterocycles. The molecule has 1 aromatic carbocycles. The van der Waals surface area contributed by atoms with Gasteiger partial charge in [0.05, 0.1) is 11.2 Å². The van der Waals surface area contributed by atoms with Gasteiger partial charge < -0.3 is 10.4 Å². The van der Waals surface area contributed by atoms with E-state index < -0.39 is 27.4 Å². The van der Waals surface area contributed by atoms with Crippen LogP contribution < -0.4 is 5.32 Å². The quantitative estimate of drug-likeness (QED) is 0.566. The van der Waals surface area contributed by atoms with Crippen LogP contribution in [0.15, 0.2) is 35.4 Å². The largest absolute Gasteiger partial charge is 0.384 e. The molecule has 2 aromatic heterocycles. The second-order valence-corrected chi connectivity index (χ2v) is 10.4. The highest BCUT2D eigenvalue weighted by atomic mass is 32.2. The van der Waals surface area contributed by atoms with Gasteiger partial charge in [-0.25, -0.2) is 23.4 Å². The summed E-state index contributed by atoms with van der Waals surface area (Å²) >= 11 is 0. The molecule has 1 atom stereocenters. The Morgan fingerprint density at radius 3 is 2.34 bits per heavy atom. The SMILES string of the molecule is Cc1nc(N[C@H](C)c2cccc(C(F)(F)C(C)(C)O)c2)c2cc(S(C)(=O)=O)nc(C)c2n1. The number of halogens is 2. The van der Waals surface area contributed by atoms with Crippen molar-refractivity contribution in [1.82, 2.24) is 15.0 Å². The molecule has 32 heavy (non-hydrogen) atoms. The van der Waals surface area contributed by atoms with Crippen LogP contribution in [0.3, 0.4) is 0 Å². The van der Waals surface area contributed by atoms with Crippen molar-refractivity contribution in [3.05, 3.63) is 53.0 Å². The summed E-state index contributed by atoms with van der Waals surface area (Å²) in [4.78, 5) is 12.9. The van der Waals surface area contributed by atoms with Gasteiger partial charge in [0, 0.05) is 23.2 Å². The number of nitrogens with zero attached hydrogens (tertiary/aromatic N) is 3. The predicted molar refractivity (Wildman–Crippen MR) is 119 cm³/mol. The van der Waals surface area contributed by atoms with Crippen LogP contribution in [0.4, 0.5) is 14.6 Å². The molecule has 0 amide bonds. The van der Waals surface area contributed by atoms with Crippen LogP contribution in [0.25, 0.3) is 10.9 Å². The summed E-state index contributed by atoms with van der Waals surface area (Å²) in [6.07, 6.45) is 1.07. The molecule has 0 saturated carbocycles. The zero-order chi connectivity index (χ0) is 24.1. The van der Waals surface area contributed by atoms with E-state index in [-0.39, 0.29) is 10.6 Å². The van der Waals surface area contributed by atoms with Gasteiger partial charge in [0.2, 0.25) is 0 Å². The Morgan fingerprint density at radius 2 is 1.75 bits per heavy atom. The molecule has 3 aromatic rings. The maximum Gasteiger partial charge on any atom is 0.300 e. The summed E-state index contributed by atoms with van der Waals surface area (Å²) in [7, 11) is -3.56. The number of aromatic nitrogens is 3. The standard InChI is InChI=1S/C22H26F2N4O3S/c1-12(15-8-7-9-16(10-15)22(23,24)21(4,5)29)26-20-17-11-18(32(6,30)31)25-13(2)19(17)27-14(3)28-20/h7-12,29H,1-6H3,(H,26,27,28)/t12-/m1/s1. The number of sulfone groups is 1. The first-order valence-electron chi connectivity index (χ1n) is 9.94. The molecule has 0 fully saturated rings. The number of nitrogens with one attached hydrogen (secondary N) is 1. The van der Waals surface area contributed by atoms with Crippen LogP contribution in [0.1, 0.15) is 49.5 Å².